The molecule has 1 aliphatic rings. The van der Waals surface area contributed by atoms with Crippen LogP contribution in [-0.4, -0.2) is 11.3 Å². The molecule has 1 aliphatic carbocycles. The van der Waals surface area contributed by atoms with Gasteiger partial charge in [0, 0.05) is 5.02 Å². The van der Waals surface area contributed by atoms with Crippen molar-refractivity contribution in [3.05, 3.63) is 34.6 Å². The minimum absolute atomic E-state index is 0.0498. The lowest BCUT2D eigenvalue weighted by molar-refractivity contribution is 0.0888. The first-order valence-electron chi connectivity index (χ1n) is 5.32. The molecule has 0 amide bonds. The molecule has 1 aromatic rings. The van der Waals surface area contributed by atoms with Crippen LogP contribution in [0.25, 0.3) is 0 Å². The highest BCUT2D eigenvalue weighted by Gasteiger charge is 2.38. The number of carbonyl (C=O) groups is 1. The monoisotopic (exact) mass is 241 g/mol. The summed E-state index contributed by atoms with van der Waals surface area (Å²) in [5, 5.41) is 0.284. The molecule has 4 heteroatoms. The van der Waals surface area contributed by atoms with Crippen molar-refractivity contribution in [1.29, 1.82) is 0 Å². The van der Waals surface area contributed by atoms with E-state index in [-0.39, 0.29) is 16.4 Å². The Morgan fingerprint density at radius 1 is 1.38 bits per heavy atom. The van der Waals surface area contributed by atoms with Gasteiger partial charge in [-0.1, -0.05) is 24.4 Å². The van der Waals surface area contributed by atoms with Crippen molar-refractivity contribution in [3.63, 3.8) is 0 Å². The molecule has 0 aromatic heterocycles. The highest BCUT2D eigenvalue weighted by Crippen LogP contribution is 2.31. The van der Waals surface area contributed by atoms with E-state index in [1.54, 1.807) is 0 Å². The zero-order valence-electron chi connectivity index (χ0n) is 8.80. The molecular formula is C12H13ClFNO. The van der Waals surface area contributed by atoms with E-state index in [1.807, 2.05) is 0 Å². The van der Waals surface area contributed by atoms with Crippen LogP contribution in [0, 0.1) is 5.82 Å². The van der Waals surface area contributed by atoms with Crippen LogP contribution < -0.4 is 5.73 Å². The maximum Gasteiger partial charge on any atom is 0.185 e. The van der Waals surface area contributed by atoms with E-state index in [0.717, 1.165) is 18.9 Å². The summed E-state index contributed by atoms with van der Waals surface area (Å²) < 4.78 is 13.6. The van der Waals surface area contributed by atoms with E-state index in [2.05, 4.69) is 0 Å². The number of rotatable bonds is 2. The Hall–Kier alpha value is -0.930. The smallest absolute Gasteiger partial charge is 0.185 e. The molecule has 0 bridgehead atoms. The van der Waals surface area contributed by atoms with Gasteiger partial charge in [-0.15, -0.1) is 0 Å². The summed E-state index contributed by atoms with van der Waals surface area (Å²) in [6, 6.07) is 4.07. The van der Waals surface area contributed by atoms with Crippen LogP contribution in [0.3, 0.4) is 0 Å². The molecule has 2 rings (SSSR count). The third-order valence-electron chi connectivity index (χ3n) is 3.12. The summed E-state index contributed by atoms with van der Waals surface area (Å²) in [7, 11) is 0. The molecule has 0 aliphatic heterocycles. The Balaban J connectivity index is 2.33. The van der Waals surface area contributed by atoms with Crippen molar-refractivity contribution in [2.45, 2.75) is 31.2 Å². The molecule has 0 heterocycles. The molecule has 0 unspecified atom stereocenters. The molecule has 1 fully saturated rings. The quantitative estimate of drug-likeness (QED) is 0.809. The topological polar surface area (TPSA) is 43.1 Å². The van der Waals surface area contributed by atoms with Gasteiger partial charge in [0.2, 0.25) is 0 Å². The summed E-state index contributed by atoms with van der Waals surface area (Å²) in [5.41, 5.74) is 5.16. The Kier molecular flexibility index (Phi) is 3.00. The molecule has 0 spiro atoms. The van der Waals surface area contributed by atoms with Crippen molar-refractivity contribution in [2.75, 3.05) is 0 Å². The molecule has 0 atom stereocenters. The maximum atomic E-state index is 13.6. The van der Waals surface area contributed by atoms with Gasteiger partial charge in [-0.3, -0.25) is 4.79 Å². The molecule has 86 valence electrons. The van der Waals surface area contributed by atoms with E-state index >= 15 is 0 Å². The summed E-state index contributed by atoms with van der Waals surface area (Å²) >= 11 is 5.63. The first-order chi connectivity index (χ1) is 7.53. The summed E-state index contributed by atoms with van der Waals surface area (Å²) in [4.78, 5) is 12.1. The summed E-state index contributed by atoms with van der Waals surface area (Å²) in [6.07, 6.45) is 3.12. The summed E-state index contributed by atoms with van der Waals surface area (Å²) in [5.74, 6) is -0.895. The average molecular weight is 242 g/mol. The Morgan fingerprint density at radius 2 is 2.00 bits per heavy atom. The van der Waals surface area contributed by atoms with Gasteiger partial charge in [0.05, 0.1) is 11.1 Å². The number of halogens is 2. The van der Waals surface area contributed by atoms with Crippen LogP contribution in [0.4, 0.5) is 4.39 Å². The molecule has 2 N–H and O–H groups in total. The molecule has 1 saturated carbocycles. The SMILES string of the molecule is NC1(C(=O)c2ccc(Cl)cc2F)CCCC1. The van der Waals surface area contributed by atoms with Gasteiger partial charge in [-0.2, -0.15) is 0 Å². The molecule has 16 heavy (non-hydrogen) atoms. The van der Waals surface area contributed by atoms with E-state index < -0.39 is 11.4 Å². The Labute approximate surface area is 98.6 Å². The fraction of sp³-hybridized carbons (Fsp3) is 0.417. The van der Waals surface area contributed by atoms with Crippen LogP contribution in [0.1, 0.15) is 36.0 Å². The van der Waals surface area contributed by atoms with Gasteiger partial charge in [0.15, 0.2) is 5.78 Å². The zero-order valence-corrected chi connectivity index (χ0v) is 9.56. The second-order valence-corrected chi connectivity index (χ2v) is 4.75. The number of hydrogen-bond donors (Lipinski definition) is 1. The number of carbonyl (C=O) groups excluding carboxylic acids is 1. The van der Waals surface area contributed by atoms with Gasteiger partial charge in [0.25, 0.3) is 0 Å². The standard InChI is InChI=1S/C12H13ClFNO/c13-8-3-4-9(10(14)7-8)11(16)12(15)5-1-2-6-12/h3-4,7H,1-2,5-6,15H2. The van der Waals surface area contributed by atoms with Crippen molar-refractivity contribution >= 4 is 17.4 Å². The minimum atomic E-state index is -0.880. The normalized spacial score (nSPS) is 18.7. The van der Waals surface area contributed by atoms with Gasteiger partial charge in [-0.25, -0.2) is 4.39 Å². The van der Waals surface area contributed by atoms with Crippen LogP contribution in [-0.2, 0) is 0 Å². The van der Waals surface area contributed by atoms with Crippen molar-refractivity contribution in [1.82, 2.24) is 0 Å². The summed E-state index contributed by atoms with van der Waals surface area (Å²) in [6.45, 7) is 0. The zero-order chi connectivity index (χ0) is 11.8. The van der Waals surface area contributed by atoms with E-state index in [4.69, 9.17) is 17.3 Å². The lowest BCUT2D eigenvalue weighted by Crippen LogP contribution is -2.45. The predicted octanol–water partition coefficient (Wildman–Crippen LogP) is 2.93. The first-order valence-corrected chi connectivity index (χ1v) is 5.69. The molecule has 0 saturated heterocycles. The number of nitrogens with two attached hydrogens (primary N) is 1. The Bertz CT molecular complexity index is 427. The predicted molar refractivity (Wildman–Crippen MR) is 61.1 cm³/mol. The van der Waals surface area contributed by atoms with Gasteiger partial charge < -0.3 is 5.73 Å². The molecular weight excluding hydrogens is 229 g/mol. The van der Waals surface area contributed by atoms with Crippen molar-refractivity contribution < 1.29 is 9.18 Å². The van der Waals surface area contributed by atoms with E-state index in [9.17, 15) is 9.18 Å². The largest absolute Gasteiger partial charge is 0.319 e. The number of Topliss-reactive ketones (excluding diaryl/α,β-unsaturated/α-hetero) is 1. The second-order valence-electron chi connectivity index (χ2n) is 4.32. The maximum absolute atomic E-state index is 13.6. The van der Waals surface area contributed by atoms with E-state index in [0.29, 0.717) is 12.8 Å². The van der Waals surface area contributed by atoms with Crippen molar-refractivity contribution in [2.24, 2.45) is 5.73 Å². The van der Waals surface area contributed by atoms with Crippen LogP contribution in [0.5, 0.6) is 0 Å². The lowest BCUT2D eigenvalue weighted by atomic mass is 9.88. The number of hydrogen-bond acceptors (Lipinski definition) is 2. The highest BCUT2D eigenvalue weighted by atomic mass is 35.5. The average Bonchev–Trinajstić information content (AvgIpc) is 2.66. The number of ketones is 1. The Morgan fingerprint density at radius 3 is 2.56 bits per heavy atom. The fourth-order valence-corrected chi connectivity index (χ4v) is 2.33. The van der Waals surface area contributed by atoms with Gasteiger partial charge >= 0.3 is 0 Å². The third-order valence-corrected chi connectivity index (χ3v) is 3.36. The van der Waals surface area contributed by atoms with E-state index in [1.165, 1.54) is 12.1 Å². The van der Waals surface area contributed by atoms with Crippen LogP contribution >= 0.6 is 11.6 Å². The van der Waals surface area contributed by atoms with Gasteiger partial charge in [-0.05, 0) is 31.0 Å². The number of benzene rings is 1. The fourth-order valence-electron chi connectivity index (χ4n) is 2.17. The molecule has 0 radical (unpaired) electrons. The second kappa shape index (κ2) is 4.15. The highest BCUT2D eigenvalue weighted by molar-refractivity contribution is 6.30. The van der Waals surface area contributed by atoms with Crippen molar-refractivity contribution in [3.8, 4) is 0 Å². The molecule has 2 nitrogen and oxygen atoms in total. The lowest BCUT2D eigenvalue weighted by Gasteiger charge is -2.21. The van der Waals surface area contributed by atoms with Gasteiger partial charge in [0.1, 0.15) is 5.82 Å². The van der Waals surface area contributed by atoms with Crippen LogP contribution in [0.15, 0.2) is 18.2 Å². The first kappa shape index (κ1) is 11.6. The third kappa shape index (κ3) is 1.97. The van der Waals surface area contributed by atoms with Crippen LogP contribution in [0.2, 0.25) is 5.02 Å². The molecule has 1 aromatic carbocycles. The minimum Gasteiger partial charge on any atom is -0.319 e.